The van der Waals surface area contributed by atoms with E-state index in [1.807, 2.05) is 0 Å². The Kier molecular flexibility index (Phi) is 5.89. The van der Waals surface area contributed by atoms with Crippen LogP contribution in [0.25, 0.3) is 0 Å². The molecule has 2 rings (SSSR count). The minimum absolute atomic E-state index is 0.0872. The lowest BCUT2D eigenvalue weighted by Crippen LogP contribution is -2.53. The molecule has 6 nitrogen and oxygen atoms in total. The van der Waals surface area contributed by atoms with Crippen LogP contribution in [0.15, 0.2) is 18.2 Å². The molecule has 1 aromatic rings. The highest BCUT2D eigenvalue weighted by atomic mass is 32.2. The number of carbonyl (C=O) groups is 1. The zero-order chi connectivity index (χ0) is 17.8. The van der Waals surface area contributed by atoms with E-state index in [4.69, 9.17) is 0 Å². The van der Waals surface area contributed by atoms with Gasteiger partial charge >= 0.3 is 0 Å². The minimum atomic E-state index is -4.53. The van der Waals surface area contributed by atoms with Gasteiger partial charge in [0.2, 0.25) is 0 Å². The van der Waals surface area contributed by atoms with Crippen molar-refractivity contribution in [2.24, 2.45) is 5.41 Å². The highest BCUT2D eigenvalue weighted by Gasteiger charge is 2.47. The number of hydrogen-bond acceptors (Lipinski definition) is 5. The van der Waals surface area contributed by atoms with Gasteiger partial charge < -0.3 is 10.1 Å². The van der Waals surface area contributed by atoms with Crippen LogP contribution in [0.3, 0.4) is 0 Å². The Morgan fingerprint density at radius 1 is 1.38 bits per heavy atom. The lowest BCUT2D eigenvalue weighted by molar-refractivity contribution is -0.129. The van der Waals surface area contributed by atoms with Gasteiger partial charge in [0, 0.05) is 12.0 Å². The second kappa shape index (κ2) is 7.54. The Balaban J connectivity index is 2.39. The summed E-state index contributed by atoms with van der Waals surface area (Å²) < 4.78 is 64.5. The Bertz CT molecular complexity index is 689. The number of hydrogen-bond donors (Lipinski definition) is 2. The van der Waals surface area contributed by atoms with Crippen LogP contribution in [-0.2, 0) is 26.1 Å². The third-order valence-corrected chi connectivity index (χ3v) is 5.76. The van der Waals surface area contributed by atoms with Crippen LogP contribution in [-0.4, -0.2) is 44.4 Å². The van der Waals surface area contributed by atoms with E-state index in [1.54, 1.807) is 0 Å². The zero-order valence-corrected chi connectivity index (χ0v) is 13.7. The molecule has 0 radical (unpaired) electrons. The first-order valence-electron chi connectivity index (χ1n) is 7.45. The van der Waals surface area contributed by atoms with Gasteiger partial charge in [0.25, 0.3) is 16.6 Å². The molecular weight excluding hydrogens is 344 g/mol. The molecule has 0 amide bonds. The predicted octanol–water partition coefficient (Wildman–Crippen LogP) is 1.31. The topological polar surface area (TPSA) is 92.7 Å². The molecule has 1 aliphatic rings. The third kappa shape index (κ3) is 4.28. The van der Waals surface area contributed by atoms with Crippen LogP contribution in [0.5, 0.6) is 0 Å². The maximum atomic E-state index is 13.5. The van der Waals surface area contributed by atoms with E-state index in [9.17, 15) is 26.5 Å². The maximum absolute atomic E-state index is 13.5. The Labute approximate surface area is 138 Å². The molecule has 134 valence electrons. The first-order chi connectivity index (χ1) is 11.3. The lowest BCUT2D eigenvalue weighted by atomic mass is 9.73. The van der Waals surface area contributed by atoms with Crippen molar-refractivity contribution in [3.63, 3.8) is 0 Å². The molecule has 0 aromatic heterocycles. The van der Waals surface area contributed by atoms with Crippen molar-refractivity contribution in [3.8, 4) is 0 Å². The van der Waals surface area contributed by atoms with Gasteiger partial charge in [0.05, 0.1) is 0 Å². The molecule has 0 spiro atoms. The largest absolute Gasteiger partial charge is 0.466 e. The fourth-order valence-corrected chi connectivity index (χ4v) is 4.46. The van der Waals surface area contributed by atoms with Gasteiger partial charge in [-0.25, -0.2) is 8.78 Å². The van der Waals surface area contributed by atoms with E-state index in [-0.39, 0.29) is 19.4 Å². The smallest absolute Gasteiger partial charge is 0.293 e. The molecule has 0 aliphatic carbocycles. The average molecular weight is 363 g/mol. The first kappa shape index (κ1) is 18.8. The van der Waals surface area contributed by atoms with Gasteiger partial charge in [-0.15, -0.1) is 0 Å². The number of ether oxygens (including phenoxy) is 1. The zero-order valence-electron chi connectivity index (χ0n) is 12.9. The Morgan fingerprint density at radius 2 is 2.12 bits per heavy atom. The summed E-state index contributed by atoms with van der Waals surface area (Å²) in [5.74, 6) is -2.02. The van der Waals surface area contributed by atoms with Gasteiger partial charge in [-0.3, -0.25) is 9.35 Å². The van der Waals surface area contributed by atoms with E-state index >= 15 is 0 Å². The van der Waals surface area contributed by atoms with Crippen molar-refractivity contribution >= 4 is 16.6 Å². The monoisotopic (exact) mass is 363 g/mol. The fourth-order valence-electron chi connectivity index (χ4n) is 3.29. The second-order valence-corrected chi connectivity index (χ2v) is 7.60. The van der Waals surface area contributed by atoms with Crippen molar-refractivity contribution in [2.75, 3.05) is 19.7 Å². The third-order valence-electron chi connectivity index (χ3n) is 4.40. The van der Waals surface area contributed by atoms with Crippen LogP contribution < -0.4 is 5.32 Å². The quantitative estimate of drug-likeness (QED) is 0.560. The number of nitrogens with one attached hydrogen (secondary N) is 1. The van der Waals surface area contributed by atoms with E-state index < -0.39 is 39.0 Å². The van der Waals surface area contributed by atoms with Gasteiger partial charge in [-0.1, -0.05) is 6.07 Å². The van der Waals surface area contributed by atoms with Gasteiger partial charge in [-0.05, 0) is 43.5 Å². The molecule has 0 saturated carbocycles. The number of halogens is 2. The Hall–Kier alpha value is -1.58. The van der Waals surface area contributed by atoms with Crippen molar-refractivity contribution < 1.29 is 31.3 Å². The number of carbonyl (C=O) groups excluding carboxylic acids is 1. The molecular formula is C15H19F2NO5S. The second-order valence-electron chi connectivity index (χ2n) is 6.00. The Morgan fingerprint density at radius 3 is 2.67 bits per heavy atom. The average Bonchev–Trinajstić information content (AvgIpc) is 2.51. The van der Waals surface area contributed by atoms with E-state index in [1.165, 1.54) is 6.07 Å². The van der Waals surface area contributed by atoms with E-state index in [2.05, 4.69) is 10.1 Å². The number of rotatable bonds is 7. The highest BCUT2D eigenvalue weighted by Crippen LogP contribution is 2.38. The molecule has 24 heavy (non-hydrogen) atoms. The first-order valence-corrected chi connectivity index (χ1v) is 8.95. The summed E-state index contributed by atoms with van der Waals surface area (Å²) in [6.45, 7) is 0.512. The van der Waals surface area contributed by atoms with Crippen LogP contribution in [0.4, 0.5) is 8.78 Å². The molecule has 9 heteroatoms. The summed E-state index contributed by atoms with van der Waals surface area (Å²) in [6, 6.07) is 3.35. The van der Waals surface area contributed by atoms with Crippen LogP contribution in [0, 0.1) is 17.0 Å². The molecule has 1 fully saturated rings. The van der Waals surface area contributed by atoms with Crippen molar-refractivity contribution in [1.29, 1.82) is 0 Å². The summed E-state index contributed by atoms with van der Waals surface area (Å²) in [4.78, 5) is 10.5. The minimum Gasteiger partial charge on any atom is -0.466 e. The van der Waals surface area contributed by atoms with Crippen LogP contribution in [0.2, 0.25) is 0 Å². The summed E-state index contributed by atoms with van der Waals surface area (Å²) in [5, 5.41) is 1.70. The van der Waals surface area contributed by atoms with Gasteiger partial charge in [-0.2, -0.15) is 8.42 Å². The molecule has 1 saturated heterocycles. The van der Waals surface area contributed by atoms with Gasteiger partial charge in [0.15, 0.2) is 11.6 Å². The van der Waals surface area contributed by atoms with Crippen molar-refractivity contribution in [1.82, 2.24) is 5.32 Å². The lowest BCUT2D eigenvalue weighted by Gasteiger charge is -2.42. The van der Waals surface area contributed by atoms with E-state index in [0.717, 1.165) is 12.1 Å². The molecule has 2 unspecified atom stereocenters. The predicted molar refractivity (Wildman–Crippen MR) is 82.0 cm³/mol. The van der Waals surface area contributed by atoms with Crippen LogP contribution in [0.1, 0.15) is 18.4 Å². The standard InChI is InChI=1S/C15H19F2NO5S/c16-12-3-2-11(6-13(12)17)7-15(4-1-5-18-9-15)14(8-23-10-19)24(20,21)22/h2-3,6,10,14,18H,1,4-5,7-9H2,(H,20,21,22). The maximum Gasteiger partial charge on any atom is 0.293 e. The molecule has 1 aliphatic heterocycles. The molecule has 1 heterocycles. The number of piperidine rings is 1. The van der Waals surface area contributed by atoms with E-state index in [0.29, 0.717) is 24.9 Å². The number of benzene rings is 1. The van der Waals surface area contributed by atoms with Gasteiger partial charge in [0.1, 0.15) is 11.9 Å². The SMILES string of the molecule is O=COCC(C1(Cc2ccc(F)c(F)c2)CCCNC1)S(=O)(=O)O. The van der Waals surface area contributed by atoms with Crippen molar-refractivity contribution in [3.05, 3.63) is 35.4 Å². The highest BCUT2D eigenvalue weighted by molar-refractivity contribution is 7.86. The normalized spacial score (nSPS) is 22.8. The van der Waals surface area contributed by atoms with Crippen LogP contribution >= 0.6 is 0 Å². The fraction of sp³-hybridized carbons (Fsp3) is 0.533. The summed E-state index contributed by atoms with van der Waals surface area (Å²) >= 11 is 0. The van der Waals surface area contributed by atoms with Crippen molar-refractivity contribution in [2.45, 2.75) is 24.5 Å². The molecule has 2 N–H and O–H groups in total. The summed E-state index contributed by atoms with van der Waals surface area (Å²) in [7, 11) is -4.53. The molecule has 0 bridgehead atoms. The summed E-state index contributed by atoms with van der Waals surface area (Å²) in [6.07, 6.45) is 1.15. The summed E-state index contributed by atoms with van der Waals surface area (Å²) in [5.41, 5.74) is -0.601. The molecule has 1 aromatic carbocycles. The molecule has 2 atom stereocenters.